The molecule has 1 aliphatic heterocycles. The van der Waals surface area contributed by atoms with Gasteiger partial charge in [0.2, 0.25) is 0 Å². The van der Waals surface area contributed by atoms with Crippen LogP contribution in [0.3, 0.4) is 0 Å². The van der Waals surface area contributed by atoms with E-state index < -0.39 is 0 Å². The summed E-state index contributed by atoms with van der Waals surface area (Å²) in [6.45, 7) is 5.94. The molecule has 128 valence electrons. The van der Waals surface area contributed by atoms with Gasteiger partial charge in [-0.25, -0.2) is 0 Å². The number of aliphatic imine (C=N–C) groups is 1. The lowest BCUT2D eigenvalue weighted by Crippen LogP contribution is -2.43. The van der Waals surface area contributed by atoms with Crippen LogP contribution in [0.4, 0.5) is 0 Å². The lowest BCUT2D eigenvalue weighted by Gasteiger charge is -2.33. The highest BCUT2D eigenvalue weighted by Gasteiger charge is 2.17. The lowest BCUT2D eigenvalue weighted by molar-refractivity contribution is 0.158. The summed E-state index contributed by atoms with van der Waals surface area (Å²) in [5.41, 5.74) is 0. The number of nitrogens with one attached hydrogen (secondary N) is 2. The first-order valence-corrected chi connectivity index (χ1v) is 8.66. The second kappa shape index (κ2) is 11.3. The third-order valence-electron chi connectivity index (χ3n) is 4.68. The Bertz CT molecular complexity index is 349. The van der Waals surface area contributed by atoms with Crippen molar-refractivity contribution >= 4 is 29.9 Å². The number of unbranched alkanes of at least 4 members (excludes halogenated alkanes) is 1. The minimum absolute atomic E-state index is 0. The fraction of sp³-hybridized carbons (Fsp3) is 0.824. The molecule has 0 bridgehead atoms. The molecule has 2 aliphatic rings. The normalized spacial score (nSPS) is 23.4. The highest BCUT2D eigenvalue weighted by Crippen LogP contribution is 2.16. The Labute approximate surface area is 153 Å². The Balaban J connectivity index is 0.00000242. The zero-order valence-corrected chi connectivity index (χ0v) is 16.5. The van der Waals surface area contributed by atoms with Crippen LogP contribution in [-0.2, 0) is 0 Å². The zero-order chi connectivity index (χ0) is 14.9. The third-order valence-corrected chi connectivity index (χ3v) is 4.68. The average Bonchev–Trinajstić information content (AvgIpc) is 3.00. The van der Waals surface area contributed by atoms with Crippen LogP contribution in [0.5, 0.6) is 0 Å². The van der Waals surface area contributed by atoms with Gasteiger partial charge in [0.25, 0.3) is 0 Å². The molecule has 0 aromatic carbocycles. The molecular formula is C17H33IN4. The number of nitrogens with zero attached hydrogens (tertiary/aromatic N) is 2. The predicted octanol–water partition coefficient (Wildman–Crippen LogP) is 3.14. The maximum Gasteiger partial charge on any atom is 0.191 e. The second-order valence-electron chi connectivity index (χ2n) is 6.37. The van der Waals surface area contributed by atoms with E-state index in [0.29, 0.717) is 6.04 Å². The van der Waals surface area contributed by atoms with Crippen LogP contribution in [0.15, 0.2) is 17.1 Å². The fourth-order valence-electron chi connectivity index (χ4n) is 3.26. The lowest BCUT2D eigenvalue weighted by atomic mass is 10.0. The molecule has 0 spiro atoms. The van der Waals surface area contributed by atoms with E-state index in [0.717, 1.165) is 31.4 Å². The van der Waals surface area contributed by atoms with Gasteiger partial charge < -0.3 is 15.5 Å². The molecule has 0 amide bonds. The summed E-state index contributed by atoms with van der Waals surface area (Å²) in [5, 5.41) is 6.92. The number of hydrogen-bond acceptors (Lipinski definition) is 2. The molecule has 5 heteroatoms. The molecule has 0 saturated carbocycles. The molecule has 1 saturated heterocycles. The number of piperidine rings is 1. The average molecular weight is 420 g/mol. The first-order chi connectivity index (χ1) is 10.3. The van der Waals surface area contributed by atoms with Crippen LogP contribution < -0.4 is 10.6 Å². The SMILES string of the molecule is CN=C(NCCCCN1CCCCC1C)NC1CC=CC1.I. The van der Waals surface area contributed by atoms with Crippen LogP contribution in [0.25, 0.3) is 0 Å². The van der Waals surface area contributed by atoms with E-state index in [1.54, 1.807) is 0 Å². The van der Waals surface area contributed by atoms with Gasteiger partial charge in [0, 0.05) is 25.7 Å². The second-order valence-corrected chi connectivity index (χ2v) is 6.37. The van der Waals surface area contributed by atoms with Gasteiger partial charge in [0.05, 0.1) is 0 Å². The largest absolute Gasteiger partial charge is 0.356 e. The quantitative estimate of drug-likeness (QED) is 0.228. The van der Waals surface area contributed by atoms with Crippen LogP contribution in [0.1, 0.15) is 51.9 Å². The first-order valence-electron chi connectivity index (χ1n) is 8.66. The van der Waals surface area contributed by atoms with Crippen molar-refractivity contribution in [1.29, 1.82) is 0 Å². The maximum atomic E-state index is 4.31. The molecular weight excluding hydrogens is 387 g/mol. The van der Waals surface area contributed by atoms with E-state index in [1.807, 2.05) is 7.05 Å². The summed E-state index contributed by atoms with van der Waals surface area (Å²) in [4.78, 5) is 6.96. The molecule has 1 unspecified atom stereocenters. The smallest absolute Gasteiger partial charge is 0.191 e. The predicted molar refractivity (Wildman–Crippen MR) is 106 cm³/mol. The molecule has 0 radical (unpaired) electrons. The van der Waals surface area contributed by atoms with Gasteiger partial charge in [-0.2, -0.15) is 0 Å². The molecule has 2 rings (SSSR count). The van der Waals surface area contributed by atoms with Crippen molar-refractivity contribution in [2.45, 2.75) is 64.0 Å². The Morgan fingerprint density at radius 3 is 2.68 bits per heavy atom. The first kappa shape index (κ1) is 19.7. The van der Waals surface area contributed by atoms with Gasteiger partial charge in [-0.05, 0) is 58.5 Å². The van der Waals surface area contributed by atoms with Gasteiger partial charge >= 0.3 is 0 Å². The Kier molecular flexibility index (Phi) is 10.1. The Morgan fingerprint density at radius 1 is 1.23 bits per heavy atom. The maximum absolute atomic E-state index is 4.31. The van der Waals surface area contributed by atoms with E-state index in [4.69, 9.17) is 0 Å². The van der Waals surface area contributed by atoms with Crippen LogP contribution in [0.2, 0.25) is 0 Å². The monoisotopic (exact) mass is 420 g/mol. The van der Waals surface area contributed by atoms with Crippen molar-refractivity contribution in [2.24, 2.45) is 4.99 Å². The van der Waals surface area contributed by atoms with E-state index in [2.05, 4.69) is 39.6 Å². The fourth-order valence-corrected chi connectivity index (χ4v) is 3.26. The van der Waals surface area contributed by atoms with Crippen molar-refractivity contribution in [1.82, 2.24) is 15.5 Å². The van der Waals surface area contributed by atoms with Crippen molar-refractivity contribution in [3.63, 3.8) is 0 Å². The molecule has 1 atom stereocenters. The number of hydrogen-bond donors (Lipinski definition) is 2. The van der Waals surface area contributed by atoms with Crippen LogP contribution in [0, 0.1) is 0 Å². The summed E-state index contributed by atoms with van der Waals surface area (Å²) in [6, 6.07) is 1.32. The van der Waals surface area contributed by atoms with Crippen LogP contribution in [-0.4, -0.2) is 49.6 Å². The number of guanidine groups is 1. The van der Waals surface area contributed by atoms with E-state index in [9.17, 15) is 0 Å². The Morgan fingerprint density at radius 2 is 2.00 bits per heavy atom. The van der Waals surface area contributed by atoms with E-state index >= 15 is 0 Å². The van der Waals surface area contributed by atoms with E-state index in [-0.39, 0.29) is 24.0 Å². The van der Waals surface area contributed by atoms with Gasteiger partial charge in [-0.1, -0.05) is 18.6 Å². The summed E-state index contributed by atoms with van der Waals surface area (Å²) >= 11 is 0. The summed E-state index contributed by atoms with van der Waals surface area (Å²) in [6.07, 6.45) is 13.4. The van der Waals surface area contributed by atoms with Crippen molar-refractivity contribution in [3.8, 4) is 0 Å². The summed E-state index contributed by atoms with van der Waals surface area (Å²) in [5.74, 6) is 0.954. The molecule has 1 aliphatic carbocycles. The summed E-state index contributed by atoms with van der Waals surface area (Å²) in [7, 11) is 1.85. The molecule has 22 heavy (non-hydrogen) atoms. The van der Waals surface area contributed by atoms with Crippen molar-refractivity contribution in [2.75, 3.05) is 26.7 Å². The van der Waals surface area contributed by atoms with Gasteiger partial charge in [-0.3, -0.25) is 4.99 Å². The molecule has 1 heterocycles. The molecule has 4 nitrogen and oxygen atoms in total. The van der Waals surface area contributed by atoms with Gasteiger partial charge in [0.1, 0.15) is 0 Å². The zero-order valence-electron chi connectivity index (χ0n) is 14.2. The summed E-state index contributed by atoms with van der Waals surface area (Å²) < 4.78 is 0. The third kappa shape index (κ3) is 6.86. The minimum atomic E-state index is 0. The topological polar surface area (TPSA) is 39.7 Å². The Hall–Kier alpha value is -0.300. The molecule has 0 aromatic heterocycles. The van der Waals surface area contributed by atoms with Gasteiger partial charge in [0.15, 0.2) is 5.96 Å². The number of halogens is 1. The molecule has 0 aromatic rings. The standard InChI is InChI=1S/C17H32N4.HI/c1-15-9-5-7-13-21(15)14-8-6-12-19-17(18-2)20-16-10-3-4-11-16;/h3-4,15-16H,5-14H2,1-2H3,(H2,18,19,20);1H. The molecule has 2 N–H and O–H groups in total. The number of likely N-dealkylation sites (tertiary alicyclic amines) is 1. The van der Waals surface area contributed by atoms with E-state index in [1.165, 1.54) is 45.2 Å². The number of rotatable bonds is 6. The minimum Gasteiger partial charge on any atom is -0.356 e. The van der Waals surface area contributed by atoms with Crippen molar-refractivity contribution in [3.05, 3.63) is 12.2 Å². The highest BCUT2D eigenvalue weighted by atomic mass is 127. The highest BCUT2D eigenvalue weighted by molar-refractivity contribution is 14.0. The van der Waals surface area contributed by atoms with Crippen LogP contribution >= 0.6 is 24.0 Å². The molecule has 1 fully saturated rings. The van der Waals surface area contributed by atoms with Crippen molar-refractivity contribution < 1.29 is 0 Å². The van der Waals surface area contributed by atoms with Gasteiger partial charge in [-0.15, -0.1) is 24.0 Å².